The molecule has 0 atom stereocenters. The summed E-state index contributed by atoms with van der Waals surface area (Å²) in [5.74, 6) is 0.711. The van der Waals surface area contributed by atoms with Crippen molar-refractivity contribution in [2.45, 2.75) is 0 Å². The number of nitrogens with one attached hydrogen (secondary N) is 4. The van der Waals surface area contributed by atoms with Gasteiger partial charge in [-0.2, -0.15) is 0 Å². The average Bonchev–Trinajstić information content (AvgIpc) is 2.55. The highest BCUT2D eigenvalue weighted by Gasteiger charge is 2.08. The predicted octanol–water partition coefficient (Wildman–Crippen LogP) is 3.54. The van der Waals surface area contributed by atoms with E-state index in [-0.39, 0.29) is 0 Å². The lowest BCUT2D eigenvalue weighted by Crippen LogP contribution is -2.20. The van der Waals surface area contributed by atoms with E-state index in [1.165, 1.54) is 6.21 Å². The van der Waals surface area contributed by atoms with E-state index >= 15 is 0 Å². The fraction of sp³-hybridized carbons (Fsp3) is 0.125. The quantitative estimate of drug-likeness (QED) is 0.502. The van der Waals surface area contributed by atoms with E-state index in [0.29, 0.717) is 10.9 Å². The number of methoxy groups -OCH3 is 1. The molecule has 2 aromatic rings. The largest absolute Gasteiger partial charge is 0.495 e. The summed E-state index contributed by atoms with van der Waals surface area (Å²) in [6, 6.07) is 13.2. The molecule has 114 valence electrons. The van der Waals surface area contributed by atoms with E-state index in [4.69, 9.17) is 22.4 Å². The summed E-state index contributed by atoms with van der Waals surface area (Å²) < 4.78 is 5.28. The molecule has 2 rings (SSSR count). The van der Waals surface area contributed by atoms with Gasteiger partial charge in [-0.05, 0) is 36.5 Å². The Morgan fingerprint density at radius 2 is 1.68 bits per heavy atom. The van der Waals surface area contributed by atoms with Gasteiger partial charge in [0.2, 0.25) is 0 Å². The van der Waals surface area contributed by atoms with Crippen LogP contribution in [0.1, 0.15) is 5.56 Å². The molecule has 0 aliphatic carbocycles. The van der Waals surface area contributed by atoms with Crippen LogP contribution in [0.15, 0.2) is 42.5 Å². The third-order valence-electron chi connectivity index (χ3n) is 3.12. The molecule has 0 aliphatic heterocycles. The molecule has 5 nitrogen and oxygen atoms in total. The molecule has 0 saturated carbocycles. The number of hydrogen-bond acceptors (Lipinski definition) is 4. The van der Waals surface area contributed by atoms with E-state index < -0.39 is 0 Å². The van der Waals surface area contributed by atoms with Gasteiger partial charge in [-0.15, -0.1) is 0 Å². The molecule has 0 aliphatic rings. The summed E-state index contributed by atoms with van der Waals surface area (Å²) in [6.07, 6.45) is 1.29. The predicted molar refractivity (Wildman–Crippen MR) is 96.7 cm³/mol. The average molecular weight is 314 g/mol. The van der Waals surface area contributed by atoms with Crippen LogP contribution in [-0.2, 0) is 0 Å². The van der Waals surface area contributed by atoms with E-state index in [9.17, 15) is 0 Å². The van der Waals surface area contributed by atoms with Crippen molar-refractivity contribution >= 4 is 40.6 Å². The number of benzene rings is 2. The van der Waals surface area contributed by atoms with Gasteiger partial charge in [-0.3, -0.25) is 0 Å². The zero-order valence-corrected chi connectivity index (χ0v) is 13.3. The summed E-state index contributed by atoms with van der Waals surface area (Å²) in [6.45, 7) is 0. The maximum absolute atomic E-state index is 7.57. The molecular weight excluding hydrogens is 296 g/mol. The molecule has 0 amide bonds. The van der Waals surface area contributed by atoms with Crippen molar-refractivity contribution in [3.05, 3.63) is 48.0 Å². The number of hydrogen-bond donors (Lipinski definition) is 4. The molecule has 0 unspecified atom stereocenters. The lowest BCUT2D eigenvalue weighted by Gasteiger charge is -2.16. The monoisotopic (exact) mass is 314 g/mol. The molecular formula is C16H18N4OS. The normalized spacial score (nSPS) is 9.73. The Bertz CT molecular complexity index is 688. The Kier molecular flexibility index (Phi) is 5.32. The molecule has 0 fully saturated rings. The zero-order chi connectivity index (χ0) is 15.9. The third-order valence-corrected chi connectivity index (χ3v) is 3.33. The first-order valence-corrected chi connectivity index (χ1v) is 7.12. The Morgan fingerprint density at radius 3 is 2.36 bits per heavy atom. The Balaban J connectivity index is 2.17. The second-order valence-corrected chi connectivity index (χ2v) is 4.85. The molecule has 6 heteroatoms. The molecule has 0 radical (unpaired) electrons. The van der Waals surface area contributed by atoms with Crippen LogP contribution in [0.3, 0.4) is 0 Å². The lowest BCUT2D eigenvalue weighted by molar-refractivity contribution is 0.417. The van der Waals surface area contributed by atoms with Crippen molar-refractivity contribution in [1.29, 1.82) is 5.41 Å². The number of ether oxygens (including phenoxy) is 1. The van der Waals surface area contributed by atoms with E-state index in [1.807, 2.05) is 49.5 Å². The van der Waals surface area contributed by atoms with Crippen molar-refractivity contribution in [2.75, 3.05) is 30.1 Å². The van der Waals surface area contributed by atoms with E-state index in [2.05, 4.69) is 16.0 Å². The summed E-state index contributed by atoms with van der Waals surface area (Å²) >= 11 is 5.34. The summed E-state index contributed by atoms with van der Waals surface area (Å²) in [4.78, 5) is 0. The van der Waals surface area contributed by atoms with Crippen LogP contribution in [0, 0.1) is 5.41 Å². The number of para-hydroxylation sites is 2. The van der Waals surface area contributed by atoms with E-state index in [1.54, 1.807) is 7.11 Å². The van der Waals surface area contributed by atoms with Gasteiger partial charge in [0.05, 0.1) is 18.5 Å². The minimum Gasteiger partial charge on any atom is -0.495 e. The second-order valence-electron chi connectivity index (χ2n) is 4.44. The number of anilines is 3. The van der Waals surface area contributed by atoms with Crippen LogP contribution in [0.5, 0.6) is 5.75 Å². The molecule has 0 saturated heterocycles. The molecule has 0 aromatic heterocycles. The molecule has 22 heavy (non-hydrogen) atoms. The van der Waals surface area contributed by atoms with Crippen molar-refractivity contribution in [2.24, 2.45) is 0 Å². The maximum Gasteiger partial charge on any atom is 0.175 e. The fourth-order valence-electron chi connectivity index (χ4n) is 2.07. The topological polar surface area (TPSA) is 69.2 Å². The molecule has 0 bridgehead atoms. The van der Waals surface area contributed by atoms with Gasteiger partial charge in [0.25, 0.3) is 0 Å². The van der Waals surface area contributed by atoms with Gasteiger partial charge in [0.15, 0.2) is 5.11 Å². The SMILES string of the molecule is CNc1cccc(NC(=S)Nc2ccccc2OC)c1C=N. The van der Waals surface area contributed by atoms with Crippen LogP contribution < -0.4 is 20.7 Å². The van der Waals surface area contributed by atoms with Crippen LogP contribution in [-0.4, -0.2) is 25.5 Å². The Hall–Kier alpha value is -2.60. The van der Waals surface area contributed by atoms with Crippen LogP contribution >= 0.6 is 12.2 Å². The fourth-order valence-corrected chi connectivity index (χ4v) is 2.29. The number of thiocarbonyl (C=S) groups is 1. The summed E-state index contributed by atoms with van der Waals surface area (Å²) in [7, 11) is 3.43. The maximum atomic E-state index is 7.57. The summed E-state index contributed by atoms with van der Waals surface area (Å²) in [5, 5.41) is 17.3. The lowest BCUT2D eigenvalue weighted by atomic mass is 10.1. The van der Waals surface area contributed by atoms with Gasteiger partial charge in [0, 0.05) is 24.5 Å². The highest BCUT2D eigenvalue weighted by molar-refractivity contribution is 7.80. The van der Waals surface area contributed by atoms with Gasteiger partial charge < -0.3 is 26.1 Å². The molecule has 0 heterocycles. The van der Waals surface area contributed by atoms with Gasteiger partial charge in [0.1, 0.15) is 5.75 Å². The molecule has 0 spiro atoms. The first kappa shape index (κ1) is 15.8. The van der Waals surface area contributed by atoms with Crippen LogP contribution in [0.25, 0.3) is 0 Å². The smallest absolute Gasteiger partial charge is 0.175 e. The standard InChI is InChI=1S/C16H18N4OS/c1-18-12-7-5-8-13(11(12)10-17)19-16(22)20-14-6-3-4-9-15(14)21-2/h3-10,17-18H,1-2H3,(H2,19,20,22). The zero-order valence-electron chi connectivity index (χ0n) is 12.4. The van der Waals surface area contributed by atoms with Crippen molar-refractivity contribution in [3.63, 3.8) is 0 Å². The van der Waals surface area contributed by atoms with Crippen LogP contribution in [0.2, 0.25) is 0 Å². The first-order valence-electron chi connectivity index (χ1n) is 6.72. The number of rotatable bonds is 5. The van der Waals surface area contributed by atoms with Gasteiger partial charge in [-0.1, -0.05) is 18.2 Å². The third kappa shape index (κ3) is 3.53. The minimum atomic E-state index is 0.431. The van der Waals surface area contributed by atoms with Gasteiger partial charge in [-0.25, -0.2) is 0 Å². The van der Waals surface area contributed by atoms with E-state index in [0.717, 1.165) is 22.6 Å². The highest BCUT2D eigenvalue weighted by Crippen LogP contribution is 2.25. The van der Waals surface area contributed by atoms with Crippen molar-refractivity contribution in [3.8, 4) is 5.75 Å². The van der Waals surface area contributed by atoms with Crippen LogP contribution in [0.4, 0.5) is 17.1 Å². The van der Waals surface area contributed by atoms with Crippen molar-refractivity contribution in [1.82, 2.24) is 0 Å². The van der Waals surface area contributed by atoms with Gasteiger partial charge >= 0.3 is 0 Å². The summed E-state index contributed by atoms with van der Waals surface area (Å²) in [5.41, 5.74) is 3.15. The Labute approximate surface area is 135 Å². The first-order chi connectivity index (χ1) is 10.7. The minimum absolute atomic E-state index is 0.431. The van der Waals surface area contributed by atoms with Crippen molar-refractivity contribution < 1.29 is 4.74 Å². The molecule has 2 aromatic carbocycles. The Morgan fingerprint density at radius 1 is 1.05 bits per heavy atom. The second kappa shape index (κ2) is 7.42. The molecule has 4 N–H and O–H groups in total. The highest BCUT2D eigenvalue weighted by atomic mass is 32.1.